The Bertz CT molecular complexity index is 6.00. The van der Waals surface area contributed by atoms with Crippen molar-refractivity contribution in [3.63, 3.8) is 0 Å². The second-order valence-electron chi connectivity index (χ2n) is 0.267. The standard InChI is InChI=1S/CH5ClSi.C/c1-3-2;/h3H2,1H3;. The van der Waals surface area contributed by atoms with Gasteiger partial charge in [0.05, 0.1) is 0 Å². The zero-order chi connectivity index (χ0) is 2.71. The molecule has 0 rings (SSSR count). The van der Waals surface area contributed by atoms with Gasteiger partial charge in [-0.15, -0.1) is 0 Å². The number of halogens is 1. The minimum atomic E-state index is -0.111. The van der Waals surface area contributed by atoms with Crippen molar-refractivity contribution < 1.29 is 0 Å². The van der Waals surface area contributed by atoms with Gasteiger partial charge in [0.15, 0.2) is 0 Å². The minimum absolute atomic E-state index is 0. The summed E-state index contributed by atoms with van der Waals surface area (Å²) in [6, 6.07) is 0. The Morgan fingerprint density at radius 1 is 1.75 bits per heavy atom. The summed E-state index contributed by atoms with van der Waals surface area (Å²) >= 11 is 5.14. The maximum atomic E-state index is 5.14. The predicted molar refractivity (Wildman–Crippen MR) is 23.5 cm³/mol. The van der Waals surface area contributed by atoms with Gasteiger partial charge >= 0.3 is 0 Å². The van der Waals surface area contributed by atoms with Crippen molar-refractivity contribution in [2.45, 2.75) is 6.55 Å². The van der Waals surface area contributed by atoms with E-state index < -0.39 is 0 Å². The molecule has 0 unspecified atom stereocenters. The maximum absolute atomic E-state index is 5.14. The highest BCUT2D eigenvalue weighted by Gasteiger charge is 1.42. The van der Waals surface area contributed by atoms with Crippen LogP contribution in [-0.4, -0.2) is 8.83 Å². The van der Waals surface area contributed by atoms with Crippen LogP contribution in [0.4, 0.5) is 0 Å². The van der Waals surface area contributed by atoms with Gasteiger partial charge in [-0.1, -0.05) is 6.55 Å². The third kappa shape index (κ3) is 22.2. The number of rotatable bonds is 0. The lowest BCUT2D eigenvalue weighted by atomic mass is 11.9. The number of hydrogen-bond acceptors (Lipinski definition) is 0. The molecule has 2 heteroatoms. The molecule has 0 N–H and O–H groups in total. The van der Waals surface area contributed by atoms with Crippen LogP contribution in [0.15, 0.2) is 0 Å². The molecule has 0 atom stereocenters. The first kappa shape index (κ1) is 8.82. The molecule has 0 heterocycles. The quantitative estimate of drug-likeness (QED) is 0.301. The van der Waals surface area contributed by atoms with E-state index in [0.717, 1.165) is 0 Å². The molecule has 0 nitrogen and oxygen atoms in total. The third-order valence-electron chi connectivity index (χ3n) is 0. The molecular formula is C2H5ClSi. The Morgan fingerprint density at radius 2 is 1.75 bits per heavy atom. The van der Waals surface area contributed by atoms with Crippen molar-refractivity contribution in [1.29, 1.82) is 0 Å². The molecule has 0 aromatic heterocycles. The van der Waals surface area contributed by atoms with Crippen molar-refractivity contribution in [3.8, 4) is 0 Å². The van der Waals surface area contributed by atoms with Crippen LogP contribution < -0.4 is 0 Å². The molecule has 0 aromatic rings. The molecule has 24 valence electrons. The highest BCUT2D eigenvalue weighted by Crippen LogP contribution is 1.54. The van der Waals surface area contributed by atoms with Crippen LogP contribution in [0.3, 0.4) is 0 Å². The lowest BCUT2D eigenvalue weighted by Crippen LogP contribution is -1.45. The van der Waals surface area contributed by atoms with E-state index in [1.807, 2.05) is 6.55 Å². The van der Waals surface area contributed by atoms with Crippen LogP contribution in [0.25, 0.3) is 0 Å². The SMILES string of the molecule is C[SiH2]Cl.[C]. The zero-order valence-electron chi connectivity index (χ0n) is 2.59. The summed E-state index contributed by atoms with van der Waals surface area (Å²) in [6.07, 6.45) is 0. The van der Waals surface area contributed by atoms with Gasteiger partial charge < -0.3 is 0 Å². The highest BCUT2D eigenvalue weighted by atomic mass is 35.6. The first-order valence-electron chi connectivity index (χ1n) is 0.974. The lowest BCUT2D eigenvalue weighted by Gasteiger charge is -1.42. The van der Waals surface area contributed by atoms with Gasteiger partial charge in [0.25, 0.3) is 0 Å². The van der Waals surface area contributed by atoms with Crippen molar-refractivity contribution in [2.75, 3.05) is 0 Å². The van der Waals surface area contributed by atoms with E-state index in [9.17, 15) is 0 Å². The summed E-state index contributed by atoms with van der Waals surface area (Å²) in [7, 11) is -0.111. The van der Waals surface area contributed by atoms with Crippen molar-refractivity contribution in [3.05, 3.63) is 7.43 Å². The average Bonchev–Trinajstić information content (AvgIpc) is 0.918. The predicted octanol–water partition coefficient (Wildman–Crippen LogP) is 0.438. The molecule has 4 radical (unpaired) electrons. The van der Waals surface area contributed by atoms with Crippen molar-refractivity contribution in [1.82, 2.24) is 0 Å². The topological polar surface area (TPSA) is 0 Å². The smallest absolute Gasteiger partial charge is 0.122 e. The summed E-state index contributed by atoms with van der Waals surface area (Å²) < 4.78 is 0. The summed E-state index contributed by atoms with van der Waals surface area (Å²) in [5.41, 5.74) is 0. The minimum Gasteiger partial charge on any atom is -0.176 e. The van der Waals surface area contributed by atoms with E-state index in [1.165, 1.54) is 0 Å². The van der Waals surface area contributed by atoms with Gasteiger partial charge in [-0.25, -0.2) is 0 Å². The Balaban J connectivity index is 0. The van der Waals surface area contributed by atoms with E-state index in [4.69, 9.17) is 11.1 Å². The fourth-order valence-electron chi connectivity index (χ4n) is 0. The van der Waals surface area contributed by atoms with Gasteiger partial charge in [0, 0.05) is 7.43 Å². The second-order valence-corrected chi connectivity index (χ2v) is 2.41. The third-order valence-corrected chi connectivity index (χ3v) is 0. The second kappa shape index (κ2) is 9.71. The van der Waals surface area contributed by atoms with Crippen molar-refractivity contribution >= 4 is 19.9 Å². The Kier molecular flexibility index (Phi) is 21.4. The molecule has 0 aliphatic heterocycles. The van der Waals surface area contributed by atoms with Gasteiger partial charge in [-0.3, -0.25) is 0 Å². The molecular weight excluding hydrogens is 87.6 g/mol. The van der Waals surface area contributed by atoms with E-state index in [-0.39, 0.29) is 16.3 Å². The molecule has 0 saturated carbocycles. The molecule has 0 aliphatic carbocycles. The molecule has 4 heavy (non-hydrogen) atoms. The van der Waals surface area contributed by atoms with E-state index >= 15 is 0 Å². The van der Waals surface area contributed by atoms with Gasteiger partial charge in [0.2, 0.25) is 0 Å². The van der Waals surface area contributed by atoms with E-state index in [0.29, 0.717) is 0 Å². The Hall–Kier alpha value is 0.507. The first-order chi connectivity index (χ1) is 1.41. The molecule has 0 aliphatic rings. The summed E-state index contributed by atoms with van der Waals surface area (Å²) in [5, 5.41) is 0. The molecule has 0 aromatic carbocycles. The van der Waals surface area contributed by atoms with Crippen molar-refractivity contribution in [2.24, 2.45) is 0 Å². The van der Waals surface area contributed by atoms with Crippen LogP contribution in [0.1, 0.15) is 0 Å². The maximum Gasteiger partial charge on any atom is 0.122 e. The monoisotopic (exact) mass is 92.0 g/mol. The van der Waals surface area contributed by atoms with Crippen LogP contribution in [0.5, 0.6) is 0 Å². The molecule has 0 saturated heterocycles. The Labute approximate surface area is 34.7 Å². The highest BCUT2D eigenvalue weighted by molar-refractivity contribution is 6.92. The molecule has 0 spiro atoms. The lowest BCUT2D eigenvalue weighted by molar-refractivity contribution is 2.37. The average molecular weight is 92.6 g/mol. The molecule has 0 fully saturated rings. The van der Waals surface area contributed by atoms with Crippen LogP contribution in [0.2, 0.25) is 6.55 Å². The van der Waals surface area contributed by atoms with Gasteiger partial charge in [-0.2, -0.15) is 11.1 Å². The summed E-state index contributed by atoms with van der Waals surface area (Å²) in [6.45, 7) is 2.03. The fraction of sp³-hybridized carbons (Fsp3) is 0.500. The summed E-state index contributed by atoms with van der Waals surface area (Å²) in [4.78, 5) is 0. The molecule has 0 bridgehead atoms. The molecule has 0 amide bonds. The summed E-state index contributed by atoms with van der Waals surface area (Å²) in [5.74, 6) is 0. The van der Waals surface area contributed by atoms with Gasteiger partial charge in [-0.05, 0) is 0 Å². The normalized spacial score (nSPS) is 7.50. The van der Waals surface area contributed by atoms with Crippen LogP contribution in [0, 0.1) is 7.43 Å². The van der Waals surface area contributed by atoms with E-state index in [2.05, 4.69) is 0 Å². The fourth-order valence-corrected chi connectivity index (χ4v) is 0. The van der Waals surface area contributed by atoms with Crippen LogP contribution in [-0.2, 0) is 0 Å². The number of hydrogen-bond donors (Lipinski definition) is 0. The largest absolute Gasteiger partial charge is 0.176 e. The van der Waals surface area contributed by atoms with E-state index in [1.54, 1.807) is 0 Å². The van der Waals surface area contributed by atoms with Crippen LogP contribution >= 0.6 is 11.1 Å². The zero-order valence-corrected chi connectivity index (χ0v) is 4.76. The first-order valence-corrected chi connectivity index (χ1v) is 4.53. The van der Waals surface area contributed by atoms with Gasteiger partial charge in [0.1, 0.15) is 8.83 Å². The Morgan fingerprint density at radius 3 is 1.75 bits per heavy atom.